The van der Waals surface area contributed by atoms with Crippen molar-refractivity contribution in [3.05, 3.63) is 4.88 Å². The molecule has 0 aliphatic heterocycles. The zero-order valence-electron chi connectivity index (χ0n) is 10.2. The quantitative estimate of drug-likeness (QED) is 0.706. The molecule has 6 nitrogen and oxygen atoms in total. The molecule has 0 aliphatic carbocycles. The number of carbonyl (C=O) groups is 1. The first-order chi connectivity index (χ1) is 8.08. The maximum Gasteiger partial charge on any atom is 0.265 e. The van der Waals surface area contributed by atoms with Crippen molar-refractivity contribution in [3.8, 4) is 0 Å². The van der Waals surface area contributed by atoms with Gasteiger partial charge in [-0.15, -0.1) is 0 Å². The van der Waals surface area contributed by atoms with Crippen molar-refractivity contribution in [2.24, 2.45) is 0 Å². The van der Waals surface area contributed by atoms with Crippen molar-refractivity contribution in [3.63, 3.8) is 0 Å². The predicted octanol–water partition coefficient (Wildman–Crippen LogP) is 0.922. The van der Waals surface area contributed by atoms with Gasteiger partial charge in [0, 0.05) is 20.2 Å². The number of nitrogens with zero attached hydrogens (tertiary/aromatic N) is 1. The third-order valence-corrected chi connectivity index (χ3v) is 3.17. The van der Waals surface area contributed by atoms with Crippen LogP contribution >= 0.6 is 11.3 Å². The Morgan fingerprint density at radius 3 is 2.94 bits per heavy atom. The molecule has 1 amide bonds. The molecular formula is C10H18N4O2S. The second kappa shape index (κ2) is 6.41. The van der Waals surface area contributed by atoms with Crippen LogP contribution in [0.15, 0.2) is 0 Å². The normalized spacial score (nSPS) is 12.2. The Hall–Kier alpha value is -1.34. The van der Waals surface area contributed by atoms with Crippen LogP contribution < -0.4 is 16.4 Å². The molecule has 0 saturated heterocycles. The summed E-state index contributed by atoms with van der Waals surface area (Å²) in [5.74, 6) is 0.0431. The molecule has 1 aromatic rings. The highest BCUT2D eigenvalue weighted by Gasteiger charge is 2.16. The summed E-state index contributed by atoms with van der Waals surface area (Å²) in [5, 5.41) is 6.43. The number of hydrogen-bond donors (Lipinski definition) is 3. The number of carbonyl (C=O) groups excluding carboxylic acids is 1. The highest BCUT2D eigenvalue weighted by atomic mass is 32.1. The Labute approximate surface area is 105 Å². The van der Waals surface area contributed by atoms with E-state index in [2.05, 4.69) is 15.6 Å². The van der Waals surface area contributed by atoms with E-state index in [0.717, 1.165) is 6.54 Å². The molecule has 0 bridgehead atoms. The molecule has 1 atom stereocenters. The smallest absolute Gasteiger partial charge is 0.265 e. The van der Waals surface area contributed by atoms with Crippen LogP contribution in [0.2, 0.25) is 0 Å². The van der Waals surface area contributed by atoms with Crippen molar-refractivity contribution < 1.29 is 9.53 Å². The van der Waals surface area contributed by atoms with Gasteiger partial charge in [0.05, 0.1) is 6.10 Å². The first-order valence-corrected chi connectivity index (χ1v) is 6.21. The molecule has 0 saturated carbocycles. The van der Waals surface area contributed by atoms with Crippen molar-refractivity contribution in [1.82, 2.24) is 10.3 Å². The lowest BCUT2D eigenvalue weighted by Crippen LogP contribution is -2.31. The highest BCUT2D eigenvalue weighted by molar-refractivity contribution is 7.18. The van der Waals surface area contributed by atoms with Gasteiger partial charge in [-0.2, -0.15) is 0 Å². The number of anilines is 2. The molecule has 1 aromatic heterocycles. The lowest BCUT2D eigenvalue weighted by Gasteiger charge is -2.09. The number of ether oxygens (including phenoxy) is 1. The standard InChI is InChI=1S/C10H18N4O2S/c1-4-12-10-14-8(11)7(17-10)9(15)13-5-6(2)16-3/h6H,4-5,11H2,1-3H3,(H,12,14)(H,13,15). The number of nitrogens with two attached hydrogens (primary N) is 1. The third kappa shape index (κ3) is 3.86. The lowest BCUT2D eigenvalue weighted by atomic mass is 10.4. The minimum atomic E-state index is -0.215. The van der Waals surface area contributed by atoms with E-state index >= 15 is 0 Å². The van der Waals surface area contributed by atoms with Gasteiger partial charge in [-0.1, -0.05) is 11.3 Å². The van der Waals surface area contributed by atoms with Crippen LogP contribution in [0.1, 0.15) is 23.5 Å². The molecule has 0 fully saturated rings. The number of aromatic nitrogens is 1. The summed E-state index contributed by atoms with van der Waals surface area (Å²) in [5.41, 5.74) is 5.68. The van der Waals surface area contributed by atoms with Crippen LogP contribution in [-0.2, 0) is 4.74 Å². The Balaban J connectivity index is 2.62. The van der Waals surface area contributed by atoms with E-state index in [1.54, 1.807) is 7.11 Å². The highest BCUT2D eigenvalue weighted by Crippen LogP contribution is 2.24. The minimum absolute atomic E-state index is 0.0265. The van der Waals surface area contributed by atoms with Gasteiger partial charge in [0.1, 0.15) is 10.7 Å². The Morgan fingerprint density at radius 2 is 2.35 bits per heavy atom. The minimum Gasteiger partial charge on any atom is -0.382 e. The fraction of sp³-hybridized carbons (Fsp3) is 0.600. The molecule has 7 heteroatoms. The van der Waals surface area contributed by atoms with Gasteiger partial charge in [0.15, 0.2) is 5.13 Å². The molecule has 0 aromatic carbocycles. The van der Waals surface area contributed by atoms with Gasteiger partial charge in [0.2, 0.25) is 0 Å². The molecule has 17 heavy (non-hydrogen) atoms. The largest absolute Gasteiger partial charge is 0.382 e. The summed E-state index contributed by atoms with van der Waals surface area (Å²) in [6.45, 7) is 5.02. The zero-order chi connectivity index (χ0) is 12.8. The van der Waals surface area contributed by atoms with E-state index < -0.39 is 0 Å². The summed E-state index contributed by atoms with van der Waals surface area (Å²) in [6.07, 6.45) is -0.0265. The van der Waals surface area contributed by atoms with Gasteiger partial charge < -0.3 is 21.1 Å². The maximum absolute atomic E-state index is 11.8. The molecule has 0 radical (unpaired) electrons. The molecule has 4 N–H and O–H groups in total. The second-order valence-corrected chi connectivity index (χ2v) is 4.52. The van der Waals surface area contributed by atoms with Gasteiger partial charge in [0.25, 0.3) is 5.91 Å². The van der Waals surface area contributed by atoms with Crippen LogP contribution in [-0.4, -0.2) is 37.2 Å². The van der Waals surface area contributed by atoms with Crippen LogP contribution in [0.3, 0.4) is 0 Å². The zero-order valence-corrected chi connectivity index (χ0v) is 11.1. The van der Waals surface area contributed by atoms with Crippen LogP contribution in [0.5, 0.6) is 0 Å². The maximum atomic E-state index is 11.8. The Bertz CT molecular complexity index is 380. The number of methoxy groups -OCH3 is 1. The average Bonchev–Trinajstić information content (AvgIpc) is 2.67. The van der Waals surface area contributed by atoms with Crippen molar-refractivity contribution in [2.45, 2.75) is 20.0 Å². The number of hydrogen-bond acceptors (Lipinski definition) is 6. The van der Waals surface area contributed by atoms with Crippen LogP contribution in [0.25, 0.3) is 0 Å². The summed E-state index contributed by atoms with van der Waals surface area (Å²) in [7, 11) is 1.60. The van der Waals surface area contributed by atoms with Crippen LogP contribution in [0.4, 0.5) is 10.9 Å². The van der Waals surface area contributed by atoms with Crippen molar-refractivity contribution in [2.75, 3.05) is 31.2 Å². The summed E-state index contributed by atoms with van der Waals surface area (Å²) in [4.78, 5) is 16.3. The van der Waals surface area contributed by atoms with Gasteiger partial charge in [-0.25, -0.2) is 4.98 Å². The molecule has 1 rings (SSSR count). The topological polar surface area (TPSA) is 89.3 Å². The monoisotopic (exact) mass is 258 g/mol. The molecule has 1 unspecified atom stereocenters. The SMILES string of the molecule is CCNc1nc(N)c(C(=O)NCC(C)OC)s1. The van der Waals surface area contributed by atoms with E-state index in [9.17, 15) is 4.79 Å². The first kappa shape index (κ1) is 13.7. The first-order valence-electron chi connectivity index (χ1n) is 5.39. The Kier molecular flexibility index (Phi) is 5.17. The number of nitrogen functional groups attached to an aromatic ring is 1. The lowest BCUT2D eigenvalue weighted by molar-refractivity contribution is 0.0874. The fourth-order valence-corrected chi connectivity index (χ4v) is 1.99. The number of thiazole rings is 1. The molecule has 0 spiro atoms. The van der Waals surface area contributed by atoms with E-state index in [4.69, 9.17) is 10.5 Å². The second-order valence-electron chi connectivity index (χ2n) is 3.52. The molecular weight excluding hydrogens is 240 g/mol. The number of rotatable bonds is 6. The number of nitrogens with one attached hydrogen (secondary N) is 2. The number of amides is 1. The van der Waals surface area contributed by atoms with E-state index in [0.29, 0.717) is 16.6 Å². The van der Waals surface area contributed by atoms with E-state index in [1.165, 1.54) is 11.3 Å². The molecule has 1 heterocycles. The van der Waals surface area contributed by atoms with Crippen molar-refractivity contribution >= 4 is 28.2 Å². The van der Waals surface area contributed by atoms with Gasteiger partial charge in [-0.3, -0.25) is 4.79 Å². The van der Waals surface area contributed by atoms with Gasteiger partial charge >= 0.3 is 0 Å². The van der Waals surface area contributed by atoms with Crippen LogP contribution in [0, 0.1) is 0 Å². The molecule has 96 valence electrons. The fourth-order valence-electron chi connectivity index (χ4n) is 1.12. The average molecular weight is 258 g/mol. The van der Waals surface area contributed by atoms with Gasteiger partial charge in [-0.05, 0) is 13.8 Å². The van der Waals surface area contributed by atoms with E-state index in [1.807, 2.05) is 13.8 Å². The summed E-state index contributed by atoms with van der Waals surface area (Å²) >= 11 is 1.25. The van der Waals surface area contributed by atoms with Crippen molar-refractivity contribution in [1.29, 1.82) is 0 Å². The van der Waals surface area contributed by atoms with E-state index in [-0.39, 0.29) is 17.8 Å². The summed E-state index contributed by atoms with van der Waals surface area (Å²) in [6, 6.07) is 0. The predicted molar refractivity (Wildman–Crippen MR) is 69.5 cm³/mol. The summed E-state index contributed by atoms with van der Waals surface area (Å²) < 4.78 is 5.04. The Morgan fingerprint density at radius 1 is 1.65 bits per heavy atom. The molecule has 0 aliphatic rings. The third-order valence-electron chi connectivity index (χ3n) is 2.14.